The van der Waals surface area contributed by atoms with E-state index in [4.69, 9.17) is 23.2 Å². The first-order valence-electron chi connectivity index (χ1n) is 6.27. The van der Waals surface area contributed by atoms with Gasteiger partial charge in [0.1, 0.15) is 11.6 Å². The number of hydrogen-bond donors (Lipinski definition) is 1. The van der Waals surface area contributed by atoms with Crippen LogP contribution < -0.4 is 5.32 Å². The van der Waals surface area contributed by atoms with Crippen LogP contribution in [0.1, 0.15) is 24.1 Å². The van der Waals surface area contributed by atoms with Crippen LogP contribution in [0.5, 0.6) is 0 Å². The first-order chi connectivity index (χ1) is 9.95. The molecule has 0 aromatic heterocycles. The molecule has 0 saturated carbocycles. The van der Waals surface area contributed by atoms with E-state index < -0.39 is 17.7 Å². The van der Waals surface area contributed by atoms with E-state index in [-0.39, 0.29) is 10.0 Å². The Hall–Kier alpha value is -0.680. The van der Waals surface area contributed by atoms with Crippen molar-refractivity contribution in [2.45, 2.75) is 13.0 Å². The lowest BCUT2D eigenvalue weighted by Crippen LogP contribution is -2.24. The number of benzene rings is 2. The lowest BCUT2D eigenvalue weighted by molar-refractivity contribution is 0.507. The third-order valence-corrected chi connectivity index (χ3v) is 4.40. The maximum Gasteiger partial charge on any atom is 0.145 e. The van der Waals surface area contributed by atoms with Gasteiger partial charge >= 0.3 is 0 Å². The Bertz CT molecular complexity index is 664. The van der Waals surface area contributed by atoms with Gasteiger partial charge < -0.3 is 5.32 Å². The Morgan fingerprint density at radius 2 is 1.86 bits per heavy atom. The molecule has 6 heteroatoms. The molecule has 0 fully saturated rings. The van der Waals surface area contributed by atoms with Crippen LogP contribution in [0.25, 0.3) is 0 Å². The van der Waals surface area contributed by atoms with Gasteiger partial charge in [0.2, 0.25) is 0 Å². The number of halogens is 5. The van der Waals surface area contributed by atoms with E-state index in [2.05, 4.69) is 21.2 Å². The van der Waals surface area contributed by atoms with Gasteiger partial charge in [0.15, 0.2) is 0 Å². The molecule has 0 aliphatic rings. The molecule has 1 atom stereocenters. The summed E-state index contributed by atoms with van der Waals surface area (Å²) in [7, 11) is 0. The molecule has 1 unspecified atom stereocenters. The fraction of sp³-hybridized carbons (Fsp3) is 0.200. The zero-order valence-electron chi connectivity index (χ0n) is 11.1. The predicted molar refractivity (Wildman–Crippen MR) is 86.0 cm³/mol. The van der Waals surface area contributed by atoms with Gasteiger partial charge in [0.05, 0.1) is 20.6 Å². The van der Waals surface area contributed by atoms with Crippen molar-refractivity contribution in [2.24, 2.45) is 0 Å². The minimum atomic E-state index is -0.651. The third kappa shape index (κ3) is 3.57. The highest BCUT2D eigenvalue weighted by molar-refractivity contribution is 9.10. The second-order valence-corrected chi connectivity index (χ2v) is 6.09. The molecule has 0 radical (unpaired) electrons. The lowest BCUT2D eigenvalue weighted by atomic mass is 9.97. The van der Waals surface area contributed by atoms with E-state index in [0.29, 0.717) is 22.2 Å². The summed E-state index contributed by atoms with van der Waals surface area (Å²) in [6, 6.07) is 6.83. The van der Waals surface area contributed by atoms with E-state index in [1.54, 1.807) is 18.2 Å². The standard InChI is InChI=1S/C15H12BrCl2F2N/c1-2-21-15(8-3-5-10(17)11(18)7-8)13-12(19)6-4-9(16)14(13)20/h3-7,15,21H,2H2,1H3. The average molecular weight is 395 g/mol. The van der Waals surface area contributed by atoms with Crippen molar-refractivity contribution in [3.63, 3.8) is 0 Å². The maximum absolute atomic E-state index is 14.3. The van der Waals surface area contributed by atoms with Crippen molar-refractivity contribution >= 4 is 39.1 Å². The zero-order valence-corrected chi connectivity index (χ0v) is 14.2. The van der Waals surface area contributed by atoms with E-state index in [0.717, 1.165) is 0 Å². The maximum atomic E-state index is 14.3. The van der Waals surface area contributed by atoms with Crippen molar-refractivity contribution in [1.82, 2.24) is 5.32 Å². The molecule has 0 heterocycles. The van der Waals surface area contributed by atoms with Crippen molar-refractivity contribution in [3.05, 3.63) is 67.6 Å². The average Bonchev–Trinajstić information content (AvgIpc) is 2.45. The van der Waals surface area contributed by atoms with Crippen LogP contribution in [0.4, 0.5) is 8.78 Å². The summed E-state index contributed by atoms with van der Waals surface area (Å²) < 4.78 is 28.6. The molecule has 0 saturated heterocycles. The van der Waals surface area contributed by atoms with Crippen LogP contribution in [0.15, 0.2) is 34.8 Å². The predicted octanol–water partition coefficient (Wildman–Crippen LogP) is 5.73. The topological polar surface area (TPSA) is 12.0 Å². The van der Waals surface area contributed by atoms with Gasteiger partial charge in [-0.2, -0.15) is 0 Å². The molecule has 21 heavy (non-hydrogen) atoms. The number of rotatable bonds is 4. The molecule has 2 aromatic rings. The molecule has 1 nitrogen and oxygen atoms in total. The normalized spacial score (nSPS) is 12.5. The fourth-order valence-corrected chi connectivity index (χ4v) is 2.74. The third-order valence-electron chi connectivity index (χ3n) is 3.05. The van der Waals surface area contributed by atoms with Crippen LogP contribution in [-0.2, 0) is 0 Å². The van der Waals surface area contributed by atoms with Crippen molar-refractivity contribution in [2.75, 3.05) is 6.54 Å². The van der Waals surface area contributed by atoms with E-state index >= 15 is 0 Å². The highest BCUT2D eigenvalue weighted by Gasteiger charge is 2.23. The van der Waals surface area contributed by atoms with Gasteiger partial charge in [-0.1, -0.05) is 36.2 Å². The van der Waals surface area contributed by atoms with Crippen LogP contribution >= 0.6 is 39.1 Å². The van der Waals surface area contributed by atoms with Crippen molar-refractivity contribution < 1.29 is 8.78 Å². The molecule has 2 rings (SSSR count). The van der Waals surface area contributed by atoms with Crippen LogP contribution in [0.3, 0.4) is 0 Å². The summed E-state index contributed by atoms with van der Waals surface area (Å²) in [5.74, 6) is -1.25. The summed E-state index contributed by atoms with van der Waals surface area (Å²) in [5, 5.41) is 3.80. The fourth-order valence-electron chi connectivity index (χ4n) is 2.09. The Kier molecular flexibility index (Phi) is 5.60. The number of nitrogens with one attached hydrogen (secondary N) is 1. The van der Waals surface area contributed by atoms with E-state index in [1.807, 2.05) is 6.92 Å². The SMILES string of the molecule is CCNC(c1ccc(Cl)c(Cl)c1)c1c(F)ccc(Br)c1F. The van der Waals surface area contributed by atoms with Gasteiger partial charge in [-0.3, -0.25) is 0 Å². The Balaban J connectivity index is 2.58. The molecule has 0 amide bonds. The molecule has 0 bridgehead atoms. The smallest absolute Gasteiger partial charge is 0.145 e. The summed E-state index contributed by atoms with van der Waals surface area (Å²) >= 11 is 15.0. The summed E-state index contributed by atoms with van der Waals surface area (Å²) in [6.07, 6.45) is 0. The second-order valence-electron chi connectivity index (χ2n) is 4.42. The molecule has 0 aliphatic heterocycles. The summed E-state index contributed by atoms with van der Waals surface area (Å²) in [4.78, 5) is 0. The molecule has 112 valence electrons. The van der Waals surface area contributed by atoms with E-state index in [1.165, 1.54) is 12.1 Å². The van der Waals surface area contributed by atoms with Crippen LogP contribution in [0.2, 0.25) is 10.0 Å². The first-order valence-corrected chi connectivity index (χ1v) is 7.82. The quantitative estimate of drug-likeness (QED) is 0.652. The molecular weight excluding hydrogens is 383 g/mol. The minimum absolute atomic E-state index is 0.0513. The first kappa shape index (κ1) is 16.7. The summed E-state index contributed by atoms with van der Waals surface area (Å²) in [6.45, 7) is 2.40. The van der Waals surface area contributed by atoms with Crippen LogP contribution in [0, 0.1) is 11.6 Å². The van der Waals surface area contributed by atoms with Gasteiger partial charge in [-0.25, -0.2) is 8.78 Å². The van der Waals surface area contributed by atoms with Gasteiger partial charge in [0.25, 0.3) is 0 Å². The Morgan fingerprint density at radius 1 is 1.14 bits per heavy atom. The highest BCUT2D eigenvalue weighted by atomic mass is 79.9. The monoisotopic (exact) mass is 393 g/mol. The molecule has 2 aromatic carbocycles. The Labute approximate surface area is 140 Å². The second kappa shape index (κ2) is 7.05. The molecule has 0 spiro atoms. The minimum Gasteiger partial charge on any atom is -0.306 e. The lowest BCUT2D eigenvalue weighted by Gasteiger charge is -2.21. The summed E-state index contributed by atoms with van der Waals surface area (Å²) in [5.41, 5.74) is 0.590. The molecule has 1 N–H and O–H groups in total. The van der Waals surface area contributed by atoms with Gasteiger partial charge in [0, 0.05) is 5.56 Å². The largest absolute Gasteiger partial charge is 0.306 e. The highest BCUT2D eigenvalue weighted by Crippen LogP contribution is 2.33. The molecular formula is C15H12BrCl2F2N. The van der Waals surface area contributed by atoms with Crippen molar-refractivity contribution in [3.8, 4) is 0 Å². The van der Waals surface area contributed by atoms with E-state index in [9.17, 15) is 8.78 Å². The van der Waals surface area contributed by atoms with Crippen molar-refractivity contribution in [1.29, 1.82) is 0 Å². The molecule has 0 aliphatic carbocycles. The van der Waals surface area contributed by atoms with Crippen LogP contribution in [-0.4, -0.2) is 6.54 Å². The number of hydrogen-bond acceptors (Lipinski definition) is 1. The van der Waals surface area contributed by atoms with Gasteiger partial charge in [-0.15, -0.1) is 0 Å². The Morgan fingerprint density at radius 3 is 2.48 bits per heavy atom. The van der Waals surface area contributed by atoms with Gasteiger partial charge in [-0.05, 0) is 52.3 Å². The zero-order chi connectivity index (χ0) is 15.6.